The molecule has 0 atom stereocenters. The number of carbonyl (C=O) groups excluding carboxylic acids is 2. The van der Waals surface area contributed by atoms with Crippen molar-refractivity contribution in [3.05, 3.63) is 41.7 Å². The first-order valence-electron chi connectivity index (χ1n) is 7.50. The quantitative estimate of drug-likeness (QED) is 0.575. The van der Waals surface area contributed by atoms with Crippen molar-refractivity contribution in [3.8, 4) is 0 Å². The van der Waals surface area contributed by atoms with E-state index >= 15 is 0 Å². The van der Waals surface area contributed by atoms with Crippen LogP contribution in [0.1, 0.15) is 31.7 Å². The third-order valence-corrected chi connectivity index (χ3v) is 3.42. The van der Waals surface area contributed by atoms with Crippen LogP contribution in [0.5, 0.6) is 0 Å². The first-order valence-corrected chi connectivity index (χ1v) is 7.50. The molecule has 0 N–H and O–H groups in total. The molecule has 0 heterocycles. The average Bonchev–Trinajstić information content (AvgIpc) is 3.32. The molecular weight excluding hydrogens is 285 g/mol. The summed E-state index contributed by atoms with van der Waals surface area (Å²) in [6.07, 6.45) is 5.27. The van der Waals surface area contributed by atoms with E-state index in [1.54, 1.807) is 30.0 Å². The smallest absolute Gasteiger partial charge is 0.307 e. The van der Waals surface area contributed by atoms with Gasteiger partial charge in [-0.3, -0.25) is 9.59 Å². The number of ether oxygens (including phenoxy) is 1. The normalized spacial score (nSPS) is 14.1. The van der Waals surface area contributed by atoms with Crippen molar-refractivity contribution in [3.63, 3.8) is 0 Å². The lowest BCUT2D eigenvalue weighted by molar-refractivity contribution is -0.143. The molecule has 1 aromatic rings. The molecule has 5 heteroatoms. The van der Waals surface area contributed by atoms with Gasteiger partial charge in [0.05, 0.1) is 13.0 Å². The summed E-state index contributed by atoms with van der Waals surface area (Å²) in [5, 5.41) is 0. The molecule has 1 aliphatic rings. The molecule has 0 aromatic heterocycles. The van der Waals surface area contributed by atoms with Gasteiger partial charge in [-0.15, -0.1) is 0 Å². The summed E-state index contributed by atoms with van der Waals surface area (Å²) in [5.74, 6) is -0.725. The Morgan fingerprint density at radius 2 is 2.00 bits per heavy atom. The minimum atomic E-state index is -0.308. The second-order valence-corrected chi connectivity index (χ2v) is 5.20. The summed E-state index contributed by atoms with van der Waals surface area (Å²) >= 11 is 0. The van der Waals surface area contributed by atoms with Gasteiger partial charge >= 0.3 is 5.97 Å². The number of benzene rings is 1. The standard InChI is InChI=1S/C17H20FNO3/c1-2-22-17(21)11-12-19(15-8-9-15)16(20)10-5-13-3-6-14(18)7-4-13/h3-7,10,15H,2,8-9,11-12H2,1H3/b10-5+. The molecule has 1 saturated carbocycles. The zero-order valence-electron chi connectivity index (χ0n) is 12.6. The largest absolute Gasteiger partial charge is 0.466 e. The van der Waals surface area contributed by atoms with Crippen LogP contribution in [0.25, 0.3) is 6.08 Å². The Labute approximate surface area is 129 Å². The number of hydrogen-bond acceptors (Lipinski definition) is 3. The first kappa shape index (κ1) is 16.2. The second-order valence-electron chi connectivity index (χ2n) is 5.20. The van der Waals surface area contributed by atoms with Gasteiger partial charge in [0.15, 0.2) is 0 Å². The van der Waals surface area contributed by atoms with Gasteiger partial charge in [0.2, 0.25) is 5.91 Å². The van der Waals surface area contributed by atoms with Crippen LogP contribution < -0.4 is 0 Å². The van der Waals surface area contributed by atoms with Crippen LogP contribution in [-0.2, 0) is 14.3 Å². The van der Waals surface area contributed by atoms with Gasteiger partial charge in [0.1, 0.15) is 5.82 Å². The summed E-state index contributed by atoms with van der Waals surface area (Å²) in [5.41, 5.74) is 0.760. The molecule has 118 valence electrons. The van der Waals surface area contributed by atoms with E-state index in [9.17, 15) is 14.0 Å². The molecule has 1 aromatic carbocycles. The number of esters is 1. The number of hydrogen-bond donors (Lipinski definition) is 0. The van der Waals surface area contributed by atoms with E-state index in [-0.39, 0.29) is 30.2 Å². The molecular formula is C17H20FNO3. The third kappa shape index (κ3) is 4.98. The maximum absolute atomic E-state index is 12.8. The molecule has 0 aliphatic heterocycles. The Bertz CT molecular complexity index is 550. The van der Waals surface area contributed by atoms with E-state index in [0.717, 1.165) is 18.4 Å². The molecule has 0 spiro atoms. The molecule has 0 radical (unpaired) electrons. The van der Waals surface area contributed by atoms with Gasteiger partial charge in [0.25, 0.3) is 0 Å². The lowest BCUT2D eigenvalue weighted by Crippen LogP contribution is -2.33. The predicted octanol–water partition coefficient (Wildman–Crippen LogP) is 2.78. The highest BCUT2D eigenvalue weighted by Gasteiger charge is 2.31. The van der Waals surface area contributed by atoms with Crippen LogP contribution in [0.4, 0.5) is 4.39 Å². The van der Waals surface area contributed by atoms with Gasteiger partial charge in [-0.25, -0.2) is 4.39 Å². The minimum Gasteiger partial charge on any atom is -0.466 e. The molecule has 0 bridgehead atoms. The van der Waals surface area contributed by atoms with Crippen molar-refractivity contribution >= 4 is 18.0 Å². The molecule has 4 nitrogen and oxygen atoms in total. The van der Waals surface area contributed by atoms with Gasteiger partial charge in [0, 0.05) is 18.7 Å². The molecule has 0 unspecified atom stereocenters. The maximum Gasteiger partial charge on any atom is 0.307 e. The number of nitrogens with zero attached hydrogens (tertiary/aromatic N) is 1. The topological polar surface area (TPSA) is 46.6 Å². The summed E-state index contributed by atoms with van der Waals surface area (Å²) < 4.78 is 17.7. The number of halogens is 1. The van der Waals surface area contributed by atoms with Gasteiger partial charge < -0.3 is 9.64 Å². The van der Waals surface area contributed by atoms with Crippen molar-refractivity contribution in [2.45, 2.75) is 32.2 Å². The SMILES string of the molecule is CCOC(=O)CCN(C(=O)/C=C/c1ccc(F)cc1)C1CC1. The highest BCUT2D eigenvalue weighted by molar-refractivity contribution is 5.92. The van der Waals surface area contributed by atoms with Gasteiger partial charge in [-0.1, -0.05) is 12.1 Å². The van der Waals surface area contributed by atoms with Crippen LogP contribution in [0, 0.1) is 5.82 Å². The fourth-order valence-electron chi connectivity index (χ4n) is 2.14. The Hall–Kier alpha value is -2.17. The fraction of sp³-hybridized carbons (Fsp3) is 0.412. The summed E-state index contributed by atoms with van der Waals surface area (Å²) in [7, 11) is 0. The zero-order valence-corrected chi connectivity index (χ0v) is 12.6. The van der Waals surface area contributed by atoms with Crippen LogP contribution in [0.15, 0.2) is 30.3 Å². The highest BCUT2D eigenvalue weighted by Crippen LogP contribution is 2.27. The Morgan fingerprint density at radius 3 is 2.59 bits per heavy atom. The lowest BCUT2D eigenvalue weighted by Gasteiger charge is -2.20. The van der Waals surface area contributed by atoms with Gasteiger partial charge in [-0.2, -0.15) is 0 Å². The van der Waals surface area contributed by atoms with E-state index in [2.05, 4.69) is 0 Å². The number of amides is 1. The predicted molar refractivity (Wildman–Crippen MR) is 81.4 cm³/mol. The van der Waals surface area contributed by atoms with Crippen molar-refractivity contribution in [1.82, 2.24) is 4.90 Å². The van der Waals surface area contributed by atoms with E-state index in [1.807, 2.05) is 0 Å². The first-order chi connectivity index (χ1) is 10.6. The molecule has 1 fully saturated rings. The highest BCUT2D eigenvalue weighted by atomic mass is 19.1. The number of carbonyl (C=O) groups is 2. The molecule has 2 rings (SSSR count). The maximum atomic E-state index is 12.8. The van der Waals surface area contributed by atoms with Crippen LogP contribution in [0.3, 0.4) is 0 Å². The van der Waals surface area contributed by atoms with Crippen LogP contribution in [-0.4, -0.2) is 36.0 Å². The lowest BCUT2D eigenvalue weighted by atomic mass is 10.2. The van der Waals surface area contributed by atoms with Crippen molar-refractivity contribution in [2.24, 2.45) is 0 Å². The van der Waals surface area contributed by atoms with Crippen LogP contribution >= 0.6 is 0 Å². The van der Waals surface area contributed by atoms with E-state index in [0.29, 0.717) is 13.2 Å². The molecule has 0 saturated heterocycles. The fourth-order valence-corrected chi connectivity index (χ4v) is 2.14. The Kier molecular flexibility index (Phi) is 5.69. The Morgan fingerprint density at radius 1 is 1.32 bits per heavy atom. The molecule has 1 aliphatic carbocycles. The Balaban J connectivity index is 1.92. The molecule has 1 amide bonds. The minimum absolute atomic E-state index is 0.129. The van der Waals surface area contributed by atoms with Gasteiger partial charge in [-0.05, 0) is 43.5 Å². The monoisotopic (exact) mass is 305 g/mol. The number of rotatable bonds is 7. The summed E-state index contributed by atoms with van der Waals surface area (Å²) in [6.45, 7) is 2.48. The van der Waals surface area contributed by atoms with E-state index in [1.165, 1.54) is 18.2 Å². The van der Waals surface area contributed by atoms with E-state index in [4.69, 9.17) is 4.74 Å². The average molecular weight is 305 g/mol. The third-order valence-electron chi connectivity index (χ3n) is 3.42. The zero-order chi connectivity index (χ0) is 15.9. The van der Waals surface area contributed by atoms with Crippen LogP contribution in [0.2, 0.25) is 0 Å². The van der Waals surface area contributed by atoms with Crippen molar-refractivity contribution < 1.29 is 18.7 Å². The summed E-state index contributed by atoms with van der Waals surface area (Å²) in [6, 6.07) is 6.14. The van der Waals surface area contributed by atoms with Crippen molar-refractivity contribution in [2.75, 3.05) is 13.2 Å². The summed E-state index contributed by atoms with van der Waals surface area (Å²) in [4.78, 5) is 25.4. The van der Waals surface area contributed by atoms with Crippen molar-refractivity contribution in [1.29, 1.82) is 0 Å². The van der Waals surface area contributed by atoms with E-state index < -0.39 is 0 Å². The molecule has 22 heavy (non-hydrogen) atoms. The second kappa shape index (κ2) is 7.73.